The lowest BCUT2D eigenvalue weighted by atomic mass is 10.2. The minimum Gasteiger partial charge on any atom is -0.481 e. The summed E-state index contributed by atoms with van der Waals surface area (Å²) in [5.41, 5.74) is 0.850. The van der Waals surface area contributed by atoms with Gasteiger partial charge in [0.15, 0.2) is 5.82 Å². The Morgan fingerprint density at radius 2 is 2.15 bits per heavy atom. The zero-order chi connectivity index (χ0) is 14.5. The molecular formula is C12H13BrN4O3. The molecule has 7 nitrogen and oxygen atoms in total. The molecule has 1 atom stereocenters. The van der Waals surface area contributed by atoms with Crippen molar-refractivity contribution >= 4 is 21.9 Å². The summed E-state index contributed by atoms with van der Waals surface area (Å²) in [6.07, 6.45) is -0.582. The molecular weight excluding hydrogens is 328 g/mol. The molecule has 0 fully saturated rings. The summed E-state index contributed by atoms with van der Waals surface area (Å²) in [4.78, 5) is 10.7. The highest BCUT2D eigenvalue weighted by atomic mass is 79.9. The number of aromatic nitrogens is 4. The monoisotopic (exact) mass is 340 g/mol. The Morgan fingerprint density at radius 3 is 2.75 bits per heavy atom. The number of hydrogen-bond donors (Lipinski definition) is 1. The van der Waals surface area contributed by atoms with E-state index in [1.54, 1.807) is 4.68 Å². The molecule has 1 N–H and O–H groups in total. The number of ether oxygens (including phenoxy) is 1. The number of nitrogens with zero attached hydrogens (tertiary/aromatic N) is 4. The van der Waals surface area contributed by atoms with E-state index in [4.69, 9.17) is 9.84 Å². The van der Waals surface area contributed by atoms with E-state index in [-0.39, 0.29) is 13.0 Å². The number of carbonyl (C=O) groups is 1. The Balaban J connectivity index is 2.19. The van der Waals surface area contributed by atoms with Crippen molar-refractivity contribution in [1.82, 2.24) is 20.2 Å². The molecule has 1 aromatic heterocycles. The second-order valence-electron chi connectivity index (χ2n) is 4.15. The van der Waals surface area contributed by atoms with Crippen LogP contribution in [0.5, 0.6) is 0 Å². The molecule has 2 aromatic rings. The first kappa shape index (κ1) is 14.6. The van der Waals surface area contributed by atoms with Crippen molar-refractivity contribution < 1.29 is 14.6 Å². The van der Waals surface area contributed by atoms with Crippen LogP contribution in [0.3, 0.4) is 0 Å². The molecule has 0 radical (unpaired) electrons. The third-order valence-corrected chi connectivity index (χ3v) is 3.28. The zero-order valence-corrected chi connectivity index (χ0v) is 12.3. The minimum absolute atomic E-state index is 0.101. The third-order valence-electron chi connectivity index (χ3n) is 2.75. The van der Waals surface area contributed by atoms with Crippen LogP contribution in [0.15, 0.2) is 28.7 Å². The van der Waals surface area contributed by atoms with E-state index in [9.17, 15) is 4.79 Å². The number of aliphatic carboxylic acids is 1. The molecule has 0 bridgehead atoms. The van der Waals surface area contributed by atoms with E-state index < -0.39 is 12.1 Å². The average Bonchev–Trinajstić information content (AvgIpc) is 2.86. The predicted octanol–water partition coefficient (Wildman–Crippen LogP) is 1.59. The normalized spacial score (nSPS) is 12.3. The Hall–Kier alpha value is -1.80. The zero-order valence-electron chi connectivity index (χ0n) is 10.7. The van der Waals surface area contributed by atoms with E-state index in [1.165, 1.54) is 7.11 Å². The van der Waals surface area contributed by atoms with E-state index in [0.717, 1.165) is 10.0 Å². The summed E-state index contributed by atoms with van der Waals surface area (Å²) in [5, 5.41) is 20.3. The van der Waals surface area contributed by atoms with Gasteiger partial charge in [0, 0.05) is 17.1 Å². The molecule has 0 saturated carbocycles. The number of halogens is 1. The lowest BCUT2D eigenvalue weighted by molar-refractivity contribution is -0.139. The van der Waals surface area contributed by atoms with Crippen molar-refractivity contribution in [2.45, 2.75) is 19.1 Å². The molecule has 8 heteroatoms. The van der Waals surface area contributed by atoms with Crippen LogP contribution in [-0.2, 0) is 16.1 Å². The van der Waals surface area contributed by atoms with Crippen LogP contribution in [0.25, 0.3) is 11.4 Å². The van der Waals surface area contributed by atoms with Crippen LogP contribution in [0.4, 0.5) is 0 Å². The molecule has 106 valence electrons. The molecule has 1 aromatic carbocycles. The first-order chi connectivity index (χ1) is 9.60. The van der Waals surface area contributed by atoms with E-state index >= 15 is 0 Å². The number of rotatable bonds is 6. The summed E-state index contributed by atoms with van der Waals surface area (Å²) in [6, 6.07) is 7.54. The van der Waals surface area contributed by atoms with Gasteiger partial charge in [-0.2, -0.15) is 0 Å². The van der Waals surface area contributed by atoms with Crippen molar-refractivity contribution in [3.05, 3.63) is 28.7 Å². The molecule has 2 rings (SSSR count). The summed E-state index contributed by atoms with van der Waals surface area (Å²) in [5.74, 6) is -0.347. The van der Waals surface area contributed by atoms with Crippen molar-refractivity contribution in [3.8, 4) is 11.4 Å². The number of hydrogen-bond acceptors (Lipinski definition) is 5. The van der Waals surface area contributed by atoms with Gasteiger partial charge in [0.2, 0.25) is 0 Å². The lowest BCUT2D eigenvalue weighted by Gasteiger charge is -2.13. The van der Waals surface area contributed by atoms with Gasteiger partial charge in [0.1, 0.15) is 0 Å². The standard InChI is InChI=1S/C12H13BrN4O3/c1-20-10(6-11(18)19)7-17-12(14-15-16-17)8-2-4-9(13)5-3-8/h2-5,10H,6-7H2,1H3,(H,18,19). The van der Waals surface area contributed by atoms with Gasteiger partial charge in [-0.3, -0.25) is 4.79 Å². The summed E-state index contributed by atoms with van der Waals surface area (Å²) >= 11 is 3.36. The van der Waals surface area contributed by atoms with Gasteiger partial charge in [0.05, 0.1) is 19.1 Å². The number of benzene rings is 1. The van der Waals surface area contributed by atoms with Gasteiger partial charge in [-0.25, -0.2) is 4.68 Å². The van der Waals surface area contributed by atoms with Crippen molar-refractivity contribution in [3.63, 3.8) is 0 Å². The largest absolute Gasteiger partial charge is 0.481 e. The first-order valence-corrected chi connectivity index (χ1v) is 6.66. The average molecular weight is 341 g/mol. The molecule has 0 aliphatic carbocycles. The van der Waals surface area contributed by atoms with Gasteiger partial charge in [-0.15, -0.1) is 5.10 Å². The Kier molecular flexibility index (Phi) is 4.80. The molecule has 0 amide bonds. The molecule has 0 aliphatic rings. The van der Waals surface area contributed by atoms with Crippen LogP contribution < -0.4 is 0 Å². The second-order valence-corrected chi connectivity index (χ2v) is 5.06. The predicted molar refractivity (Wildman–Crippen MR) is 74.0 cm³/mol. The fourth-order valence-electron chi connectivity index (χ4n) is 1.74. The van der Waals surface area contributed by atoms with E-state index in [0.29, 0.717) is 5.82 Å². The van der Waals surface area contributed by atoms with Crippen molar-refractivity contribution in [2.24, 2.45) is 0 Å². The fourth-order valence-corrected chi connectivity index (χ4v) is 2.01. The Morgan fingerprint density at radius 1 is 1.45 bits per heavy atom. The van der Waals surface area contributed by atoms with Gasteiger partial charge in [0.25, 0.3) is 0 Å². The summed E-state index contributed by atoms with van der Waals surface area (Å²) < 4.78 is 7.64. The second kappa shape index (κ2) is 6.58. The quantitative estimate of drug-likeness (QED) is 0.858. The van der Waals surface area contributed by atoms with Crippen molar-refractivity contribution in [2.75, 3.05) is 7.11 Å². The molecule has 0 spiro atoms. The highest BCUT2D eigenvalue weighted by molar-refractivity contribution is 9.10. The minimum atomic E-state index is -0.921. The molecule has 20 heavy (non-hydrogen) atoms. The van der Waals surface area contributed by atoms with Gasteiger partial charge >= 0.3 is 5.97 Å². The number of carboxylic acids is 1. The number of tetrazole rings is 1. The summed E-state index contributed by atoms with van der Waals surface area (Å²) in [6.45, 7) is 0.279. The SMILES string of the molecule is COC(CC(=O)O)Cn1nnnc1-c1ccc(Br)cc1. The highest BCUT2D eigenvalue weighted by Gasteiger charge is 2.17. The maximum Gasteiger partial charge on any atom is 0.306 e. The van der Waals surface area contributed by atoms with Crippen LogP contribution in [-0.4, -0.2) is 44.5 Å². The number of methoxy groups -OCH3 is 1. The topological polar surface area (TPSA) is 90.1 Å². The number of carboxylic acid groups (broad SMARTS) is 1. The molecule has 0 aliphatic heterocycles. The maximum absolute atomic E-state index is 10.7. The first-order valence-electron chi connectivity index (χ1n) is 5.87. The van der Waals surface area contributed by atoms with Crippen LogP contribution in [0.2, 0.25) is 0 Å². The molecule has 1 heterocycles. The van der Waals surface area contributed by atoms with Gasteiger partial charge in [-0.05, 0) is 22.6 Å². The smallest absolute Gasteiger partial charge is 0.306 e. The molecule has 1 unspecified atom stereocenters. The lowest BCUT2D eigenvalue weighted by Crippen LogP contribution is -2.23. The third kappa shape index (κ3) is 3.61. The molecule has 0 saturated heterocycles. The van der Waals surface area contributed by atoms with Crippen molar-refractivity contribution in [1.29, 1.82) is 0 Å². The Bertz CT molecular complexity index is 585. The summed E-state index contributed by atoms with van der Waals surface area (Å²) in [7, 11) is 1.47. The highest BCUT2D eigenvalue weighted by Crippen LogP contribution is 2.19. The van der Waals surface area contributed by atoms with Crippen LogP contribution in [0, 0.1) is 0 Å². The maximum atomic E-state index is 10.7. The van der Waals surface area contributed by atoms with E-state index in [1.807, 2.05) is 24.3 Å². The Labute approximate surface area is 123 Å². The fraction of sp³-hybridized carbons (Fsp3) is 0.333. The van der Waals surface area contributed by atoms with Crippen LogP contribution >= 0.6 is 15.9 Å². The van der Waals surface area contributed by atoms with Gasteiger partial charge in [-0.1, -0.05) is 28.1 Å². The van der Waals surface area contributed by atoms with Gasteiger partial charge < -0.3 is 9.84 Å². The van der Waals surface area contributed by atoms with Crippen LogP contribution in [0.1, 0.15) is 6.42 Å². The van der Waals surface area contributed by atoms with E-state index in [2.05, 4.69) is 31.5 Å².